The molecular weight excluding hydrogens is 378 g/mol. The van der Waals surface area contributed by atoms with Gasteiger partial charge in [0.05, 0.1) is 11.5 Å². The predicted molar refractivity (Wildman–Crippen MR) is 101 cm³/mol. The number of hydrogen-bond donors (Lipinski definition) is 1. The Bertz CT molecular complexity index is 813. The van der Waals surface area contributed by atoms with Crippen LogP contribution < -0.4 is 5.32 Å². The number of carbonyl (C=O) groups excluding carboxylic acids is 1. The van der Waals surface area contributed by atoms with Crippen molar-refractivity contribution in [3.8, 4) is 0 Å². The number of nitrogens with zero attached hydrogens (tertiary/aromatic N) is 3. The first kappa shape index (κ1) is 18.5. The molecule has 1 aromatic carbocycles. The Hall–Kier alpha value is -2.26. The molecule has 0 spiro atoms. The number of carbonyl (C=O) groups is 1. The van der Waals surface area contributed by atoms with Crippen molar-refractivity contribution in [2.75, 3.05) is 0 Å². The highest BCUT2D eigenvalue weighted by atomic mass is 32.2. The van der Waals surface area contributed by atoms with Crippen LogP contribution in [0, 0.1) is 0 Å². The second-order valence-electron chi connectivity index (χ2n) is 5.26. The second-order valence-corrected chi connectivity index (χ2v) is 7.51. The lowest BCUT2D eigenvalue weighted by molar-refractivity contribution is -0.118. The van der Waals surface area contributed by atoms with E-state index in [0.29, 0.717) is 28.2 Å². The Morgan fingerprint density at radius 2 is 2.12 bits per heavy atom. The predicted octanol–water partition coefficient (Wildman–Crippen LogP) is 3.56. The molecule has 0 saturated carbocycles. The number of halogens is 2. The van der Waals surface area contributed by atoms with Crippen molar-refractivity contribution in [2.45, 2.75) is 22.3 Å². The molecule has 1 aromatic heterocycles. The molecule has 9 heteroatoms. The van der Waals surface area contributed by atoms with Gasteiger partial charge in [-0.25, -0.2) is 0 Å². The quantitative estimate of drug-likeness (QED) is 0.464. The van der Waals surface area contributed by atoms with Gasteiger partial charge in [0.25, 0.3) is 5.76 Å². The summed E-state index contributed by atoms with van der Waals surface area (Å²) in [6.07, 6.45) is 5.36. The molecule has 0 aliphatic carbocycles. The van der Waals surface area contributed by atoms with Crippen LogP contribution in [0.5, 0.6) is 0 Å². The molecule has 1 atom stereocenters. The normalized spacial score (nSPS) is 18.8. The molecule has 26 heavy (non-hydrogen) atoms. The third-order valence-corrected chi connectivity index (χ3v) is 5.18. The number of aromatic nitrogens is 1. The van der Waals surface area contributed by atoms with Crippen molar-refractivity contribution >= 4 is 40.8 Å². The summed E-state index contributed by atoms with van der Waals surface area (Å²) in [5.41, 5.74) is 1.71. The fraction of sp³-hybridized carbons (Fsp3) is 0.176. The molecular formula is C17H14F2N4OS2. The zero-order valence-corrected chi connectivity index (χ0v) is 15.0. The summed E-state index contributed by atoms with van der Waals surface area (Å²) >= 11 is 1.80. The van der Waals surface area contributed by atoms with Gasteiger partial charge >= 0.3 is 0 Å². The van der Waals surface area contributed by atoms with Crippen LogP contribution in [0.2, 0.25) is 0 Å². The van der Waals surface area contributed by atoms with Gasteiger partial charge in [-0.1, -0.05) is 41.7 Å². The van der Waals surface area contributed by atoms with Gasteiger partial charge < -0.3 is 5.32 Å². The summed E-state index contributed by atoms with van der Waals surface area (Å²) in [6.45, 7) is 0. The first-order valence-corrected chi connectivity index (χ1v) is 9.38. The number of thioether (sulfide) groups is 2. The maximum absolute atomic E-state index is 12.3. The van der Waals surface area contributed by atoms with Gasteiger partial charge in [0.2, 0.25) is 5.91 Å². The molecule has 1 amide bonds. The monoisotopic (exact) mass is 392 g/mol. The molecule has 1 N–H and O–H groups in total. The molecule has 5 nitrogen and oxygen atoms in total. The van der Waals surface area contributed by atoms with E-state index in [0.717, 1.165) is 11.1 Å². The lowest BCUT2D eigenvalue weighted by Crippen LogP contribution is -2.25. The Morgan fingerprint density at radius 1 is 1.31 bits per heavy atom. The van der Waals surface area contributed by atoms with E-state index in [1.54, 1.807) is 48.9 Å². The molecule has 0 unspecified atom stereocenters. The van der Waals surface area contributed by atoms with Gasteiger partial charge in [0.15, 0.2) is 5.17 Å². The standard InChI is InChI=1S/C17H14F2N4OS2/c18-16(19)25-13-5-3-11(4-6-13)8-14-15(24)22-17(26-14)23-21-10-12-2-1-7-20-9-12/h1-7,9-10,14,16H,8H2,(H,22,23,24)/b21-10-/t14-/m1/s1. The number of alkyl halides is 2. The van der Waals surface area contributed by atoms with Gasteiger partial charge in [-0.2, -0.15) is 13.9 Å². The van der Waals surface area contributed by atoms with E-state index in [2.05, 4.69) is 20.5 Å². The van der Waals surface area contributed by atoms with Gasteiger partial charge in [0.1, 0.15) is 0 Å². The summed E-state index contributed by atoms with van der Waals surface area (Å²) in [5, 5.41) is 10.8. The van der Waals surface area contributed by atoms with Crippen LogP contribution >= 0.6 is 23.5 Å². The minimum atomic E-state index is -2.44. The molecule has 1 fully saturated rings. The average molecular weight is 392 g/mol. The molecule has 134 valence electrons. The highest BCUT2D eigenvalue weighted by molar-refractivity contribution is 8.15. The number of amidine groups is 1. The highest BCUT2D eigenvalue weighted by Crippen LogP contribution is 2.27. The number of hydrogen-bond acceptors (Lipinski definition) is 6. The summed E-state index contributed by atoms with van der Waals surface area (Å²) < 4.78 is 24.7. The maximum Gasteiger partial charge on any atom is 0.288 e. The smallest absolute Gasteiger partial charge is 0.288 e. The van der Waals surface area contributed by atoms with Crippen LogP contribution in [-0.4, -0.2) is 33.3 Å². The van der Waals surface area contributed by atoms with Gasteiger partial charge in [0, 0.05) is 22.9 Å². The van der Waals surface area contributed by atoms with Crippen molar-refractivity contribution in [2.24, 2.45) is 10.2 Å². The third kappa shape index (κ3) is 5.37. The van der Waals surface area contributed by atoms with E-state index in [9.17, 15) is 13.6 Å². The Balaban J connectivity index is 1.57. The van der Waals surface area contributed by atoms with Gasteiger partial charge in [-0.15, -0.1) is 5.10 Å². The molecule has 0 radical (unpaired) electrons. The van der Waals surface area contributed by atoms with Crippen LogP contribution in [0.4, 0.5) is 8.78 Å². The number of rotatable bonds is 6. The summed E-state index contributed by atoms with van der Waals surface area (Å²) in [7, 11) is 0. The molecule has 1 aliphatic rings. The minimum absolute atomic E-state index is 0.142. The van der Waals surface area contributed by atoms with Crippen LogP contribution in [0.25, 0.3) is 0 Å². The van der Waals surface area contributed by atoms with E-state index in [1.807, 2.05) is 6.07 Å². The fourth-order valence-electron chi connectivity index (χ4n) is 2.21. The van der Waals surface area contributed by atoms with Crippen molar-refractivity contribution in [3.05, 3.63) is 59.9 Å². The first-order valence-electron chi connectivity index (χ1n) is 7.62. The largest absolute Gasteiger partial charge is 0.303 e. The maximum atomic E-state index is 12.3. The van der Waals surface area contributed by atoms with E-state index in [4.69, 9.17) is 0 Å². The lowest BCUT2D eigenvalue weighted by atomic mass is 10.1. The van der Waals surface area contributed by atoms with E-state index >= 15 is 0 Å². The van der Waals surface area contributed by atoms with Crippen LogP contribution in [0.15, 0.2) is 63.9 Å². The zero-order chi connectivity index (χ0) is 18.4. The molecule has 2 heterocycles. The molecule has 0 bridgehead atoms. The van der Waals surface area contributed by atoms with Crippen LogP contribution in [0.1, 0.15) is 11.1 Å². The van der Waals surface area contributed by atoms with E-state index in [-0.39, 0.29) is 11.2 Å². The minimum Gasteiger partial charge on any atom is -0.303 e. The molecule has 3 rings (SSSR count). The average Bonchev–Trinajstić information content (AvgIpc) is 2.97. The fourth-order valence-corrected chi connectivity index (χ4v) is 3.67. The summed E-state index contributed by atoms with van der Waals surface area (Å²) in [5.74, 6) is -2.58. The van der Waals surface area contributed by atoms with Crippen molar-refractivity contribution < 1.29 is 13.6 Å². The Morgan fingerprint density at radius 3 is 2.81 bits per heavy atom. The molecule has 1 aliphatic heterocycles. The molecule has 1 saturated heterocycles. The Kier molecular flexibility index (Phi) is 6.35. The Labute approximate surface area is 157 Å². The zero-order valence-electron chi connectivity index (χ0n) is 13.4. The summed E-state index contributed by atoms with van der Waals surface area (Å²) in [6, 6.07) is 10.4. The topological polar surface area (TPSA) is 66.7 Å². The first-order chi connectivity index (χ1) is 12.6. The van der Waals surface area contributed by atoms with Crippen molar-refractivity contribution in [1.82, 2.24) is 10.3 Å². The van der Waals surface area contributed by atoms with E-state index < -0.39 is 5.76 Å². The van der Waals surface area contributed by atoms with E-state index in [1.165, 1.54) is 11.8 Å². The lowest BCUT2D eigenvalue weighted by Gasteiger charge is -2.06. The third-order valence-electron chi connectivity index (χ3n) is 3.39. The number of nitrogens with one attached hydrogen (secondary N) is 1. The number of pyridine rings is 1. The molecule has 2 aromatic rings. The van der Waals surface area contributed by atoms with Gasteiger partial charge in [-0.3, -0.25) is 9.78 Å². The number of benzene rings is 1. The van der Waals surface area contributed by atoms with Crippen molar-refractivity contribution in [1.29, 1.82) is 0 Å². The summed E-state index contributed by atoms with van der Waals surface area (Å²) in [4.78, 5) is 16.5. The highest BCUT2D eigenvalue weighted by Gasteiger charge is 2.30. The second kappa shape index (κ2) is 8.91. The van der Waals surface area contributed by atoms with Crippen LogP contribution in [-0.2, 0) is 11.2 Å². The SMILES string of the molecule is O=C1N/C(=N\N=C/c2cccnc2)S[C@@H]1Cc1ccc(SC(F)F)cc1. The number of amides is 1. The van der Waals surface area contributed by atoms with Crippen molar-refractivity contribution in [3.63, 3.8) is 0 Å². The van der Waals surface area contributed by atoms with Crippen LogP contribution in [0.3, 0.4) is 0 Å². The van der Waals surface area contributed by atoms with Gasteiger partial charge in [-0.05, 0) is 30.2 Å².